The van der Waals surface area contributed by atoms with Crippen molar-refractivity contribution in [3.8, 4) is 0 Å². The molecule has 0 spiro atoms. The molecule has 29 heavy (non-hydrogen) atoms. The zero-order valence-corrected chi connectivity index (χ0v) is 17.1. The van der Waals surface area contributed by atoms with Gasteiger partial charge in [-0.3, -0.25) is 0 Å². The van der Waals surface area contributed by atoms with E-state index in [0.717, 1.165) is 22.3 Å². The van der Waals surface area contributed by atoms with E-state index in [2.05, 4.69) is 0 Å². The number of hydrogen-bond acceptors (Lipinski definition) is 5. The summed E-state index contributed by atoms with van der Waals surface area (Å²) in [6.07, 6.45) is 0. The van der Waals surface area contributed by atoms with E-state index in [0.29, 0.717) is 18.8 Å². The third kappa shape index (κ3) is 3.38. The van der Waals surface area contributed by atoms with Crippen molar-refractivity contribution in [1.82, 2.24) is 0 Å². The Bertz CT molecular complexity index is 1120. The van der Waals surface area contributed by atoms with Gasteiger partial charge in [0.2, 0.25) is 0 Å². The largest absolute Gasteiger partial charge is 0.380 e. The monoisotopic (exact) mass is 410 g/mol. The smallest absolute Gasteiger partial charge is 0.298 e. The highest BCUT2D eigenvalue weighted by Crippen LogP contribution is 2.50. The van der Waals surface area contributed by atoms with Crippen molar-refractivity contribution in [2.24, 2.45) is 0 Å². The summed E-state index contributed by atoms with van der Waals surface area (Å²) in [4.78, 5) is 0.193. The maximum Gasteiger partial charge on any atom is 0.298 e. The molecule has 0 bridgehead atoms. The summed E-state index contributed by atoms with van der Waals surface area (Å²) in [5.74, 6) is 0. The molecule has 0 fully saturated rings. The second kappa shape index (κ2) is 7.72. The van der Waals surface area contributed by atoms with Crippen LogP contribution in [0, 0.1) is 0 Å². The molecule has 0 N–H and O–H groups in total. The Morgan fingerprint density at radius 2 is 1.48 bits per heavy atom. The predicted molar refractivity (Wildman–Crippen MR) is 109 cm³/mol. The molecule has 0 aliphatic carbocycles. The number of fused-ring (bicyclic) bond motifs is 1. The molecule has 1 unspecified atom stereocenters. The maximum absolute atomic E-state index is 12.9. The van der Waals surface area contributed by atoms with Gasteiger partial charge in [-0.25, -0.2) is 4.18 Å². The van der Waals surface area contributed by atoms with Crippen LogP contribution in [-0.4, -0.2) is 22.6 Å². The molecule has 4 rings (SSSR count). The fourth-order valence-corrected chi connectivity index (χ4v) is 5.28. The lowest BCUT2D eigenvalue weighted by Crippen LogP contribution is -2.29. The molecule has 0 saturated heterocycles. The Hall–Kier alpha value is -2.51. The summed E-state index contributed by atoms with van der Waals surface area (Å²) in [7, 11) is -0.645. The lowest BCUT2D eigenvalue weighted by Gasteiger charge is -2.30. The molecule has 1 aliphatic heterocycles. The Morgan fingerprint density at radius 1 is 0.793 bits per heavy atom. The van der Waals surface area contributed by atoms with Crippen LogP contribution in [0.5, 0.6) is 0 Å². The average molecular weight is 410 g/mol. The van der Waals surface area contributed by atoms with Crippen molar-refractivity contribution in [3.63, 3.8) is 0 Å². The summed E-state index contributed by atoms with van der Waals surface area (Å²) >= 11 is 0. The summed E-state index contributed by atoms with van der Waals surface area (Å²) in [6, 6.07) is 22.2. The van der Waals surface area contributed by atoms with Crippen molar-refractivity contribution in [1.29, 1.82) is 0 Å². The Morgan fingerprint density at radius 3 is 2.21 bits per heavy atom. The molecule has 3 aromatic carbocycles. The fraction of sp³-hybridized carbons (Fsp3) is 0.217. The zero-order valence-electron chi connectivity index (χ0n) is 16.3. The molecule has 1 heterocycles. The van der Waals surface area contributed by atoms with Crippen molar-refractivity contribution < 1.29 is 22.1 Å². The van der Waals surface area contributed by atoms with Gasteiger partial charge in [-0.05, 0) is 34.4 Å². The van der Waals surface area contributed by atoms with E-state index < -0.39 is 15.7 Å². The van der Waals surface area contributed by atoms with Gasteiger partial charge in [0.25, 0.3) is 10.1 Å². The molecule has 5 nitrogen and oxygen atoms in total. The first-order valence-electron chi connectivity index (χ1n) is 9.23. The maximum atomic E-state index is 12.9. The van der Waals surface area contributed by atoms with Crippen LogP contribution in [0.2, 0.25) is 0 Å². The van der Waals surface area contributed by atoms with E-state index in [9.17, 15) is 8.42 Å². The Labute approximate surface area is 171 Å². The third-order valence-corrected chi connectivity index (χ3v) is 6.45. The van der Waals surface area contributed by atoms with Gasteiger partial charge >= 0.3 is 0 Å². The molecule has 0 saturated carbocycles. The molecular weight excluding hydrogens is 388 g/mol. The van der Waals surface area contributed by atoms with E-state index in [1.54, 1.807) is 26.4 Å². The summed E-state index contributed by atoms with van der Waals surface area (Å²) in [6.45, 7) is 0.900. The van der Waals surface area contributed by atoms with Crippen LogP contribution in [0.3, 0.4) is 0 Å². The van der Waals surface area contributed by atoms with E-state index in [1.807, 2.05) is 60.7 Å². The minimum absolute atomic E-state index is 0.193. The molecule has 1 aliphatic rings. The molecule has 6 heteroatoms. The van der Waals surface area contributed by atoms with Gasteiger partial charge in [0.15, 0.2) is 5.60 Å². The number of ether oxygens (including phenoxy) is 2. The van der Waals surface area contributed by atoms with Crippen LogP contribution >= 0.6 is 0 Å². The van der Waals surface area contributed by atoms with E-state index in [4.69, 9.17) is 13.7 Å². The van der Waals surface area contributed by atoms with Gasteiger partial charge in [0.1, 0.15) is 4.90 Å². The number of hydrogen-bond donors (Lipinski definition) is 0. The van der Waals surface area contributed by atoms with Crippen molar-refractivity contribution in [3.05, 3.63) is 101 Å². The predicted octanol–water partition coefficient (Wildman–Crippen LogP) is 3.99. The first kappa shape index (κ1) is 19.8. The summed E-state index contributed by atoms with van der Waals surface area (Å²) in [5, 5.41) is 0. The molecule has 150 valence electrons. The first-order chi connectivity index (χ1) is 14.0. The topological polar surface area (TPSA) is 61.8 Å². The van der Waals surface area contributed by atoms with Crippen LogP contribution in [0.1, 0.15) is 27.8 Å². The molecular formula is C23H22O5S. The van der Waals surface area contributed by atoms with Gasteiger partial charge in [-0.1, -0.05) is 60.7 Å². The quantitative estimate of drug-likeness (QED) is 0.575. The lowest BCUT2D eigenvalue weighted by atomic mass is 9.79. The number of methoxy groups -OCH3 is 2. The second-order valence-electron chi connectivity index (χ2n) is 6.98. The molecule has 3 aromatic rings. The van der Waals surface area contributed by atoms with Crippen LogP contribution in [-0.2, 0) is 42.6 Å². The van der Waals surface area contributed by atoms with Crippen molar-refractivity contribution in [2.75, 3.05) is 14.2 Å². The standard InChI is InChI=1S/C23H22O5S/c1-26-15-17-10-12-19(13-11-17)23(20-7-5-6-18(14-20)16-27-2)21-8-3-4-9-22(21)29(24,25)28-23/h3-14H,15-16H2,1-2H3. The van der Waals surface area contributed by atoms with Gasteiger partial charge in [0, 0.05) is 19.8 Å². The van der Waals surface area contributed by atoms with Crippen LogP contribution in [0.25, 0.3) is 0 Å². The van der Waals surface area contributed by atoms with E-state index in [1.165, 1.54) is 0 Å². The number of rotatable bonds is 6. The van der Waals surface area contributed by atoms with Crippen molar-refractivity contribution in [2.45, 2.75) is 23.7 Å². The van der Waals surface area contributed by atoms with E-state index >= 15 is 0 Å². The van der Waals surface area contributed by atoms with Crippen LogP contribution < -0.4 is 0 Å². The van der Waals surface area contributed by atoms with Crippen LogP contribution in [0.4, 0.5) is 0 Å². The lowest BCUT2D eigenvalue weighted by molar-refractivity contribution is 0.175. The minimum atomic E-state index is -3.91. The fourth-order valence-electron chi connectivity index (χ4n) is 3.85. The molecule has 1 atom stereocenters. The first-order valence-corrected chi connectivity index (χ1v) is 10.6. The van der Waals surface area contributed by atoms with Gasteiger partial charge in [-0.15, -0.1) is 0 Å². The highest BCUT2D eigenvalue weighted by molar-refractivity contribution is 7.87. The normalized spacial score (nSPS) is 19.8. The van der Waals surface area contributed by atoms with E-state index in [-0.39, 0.29) is 4.90 Å². The Balaban J connectivity index is 1.98. The SMILES string of the molecule is COCc1ccc(C2(c3cccc(COC)c3)OS(=O)(=O)c3ccccc32)cc1. The van der Waals surface area contributed by atoms with Gasteiger partial charge < -0.3 is 9.47 Å². The third-order valence-electron chi connectivity index (χ3n) is 5.09. The van der Waals surface area contributed by atoms with Gasteiger partial charge in [-0.2, -0.15) is 8.42 Å². The van der Waals surface area contributed by atoms with Crippen LogP contribution in [0.15, 0.2) is 77.7 Å². The van der Waals surface area contributed by atoms with Crippen molar-refractivity contribution >= 4 is 10.1 Å². The minimum Gasteiger partial charge on any atom is -0.380 e. The molecule has 0 amide bonds. The van der Waals surface area contributed by atoms with Gasteiger partial charge in [0.05, 0.1) is 13.2 Å². The molecule has 0 radical (unpaired) electrons. The summed E-state index contributed by atoms with van der Waals surface area (Å²) in [5.41, 5.74) is 2.75. The second-order valence-corrected chi connectivity index (χ2v) is 8.49. The number of benzene rings is 3. The zero-order chi connectivity index (χ0) is 20.5. The highest BCUT2D eigenvalue weighted by Gasteiger charge is 2.51. The summed E-state index contributed by atoms with van der Waals surface area (Å²) < 4.78 is 42.2. The average Bonchev–Trinajstić information content (AvgIpc) is 2.98. The highest BCUT2D eigenvalue weighted by atomic mass is 32.2. The molecule has 0 aromatic heterocycles. The Kier molecular flexibility index (Phi) is 5.27.